The van der Waals surface area contributed by atoms with Gasteiger partial charge in [-0.05, 0) is 24.6 Å². The summed E-state index contributed by atoms with van der Waals surface area (Å²) in [4.78, 5) is 10.6. The van der Waals surface area contributed by atoms with Crippen LogP contribution in [-0.2, 0) is 0 Å². The molecule has 0 aliphatic heterocycles. The zero-order valence-electron chi connectivity index (χ0n) is 6.90. The summed E-state index contributed by atoms with van der Waals surface area (Å²) >= 11 is 0. The lowest BCUT2D eigenvalue weighted by Gasteiger charge is -2.03. The van der Waals surface area contributed by atoms with Crippen molar-refractivity contribution in [2.24, 2.45) is 0 Å². The minimum atomic E-state index is -1.19. The molecule has 0 spiro atoms. The SMILES string of the molecule is Cc1cc(C#N)cc(O)c1C(=O)O. The van der Waals surface area contributed by atoms with E-state index >= 15 is 0 Å². The first-order chi connectivity index (χ1) is 6.06. The zero-order valence-corrected chi connectivity index (χ0v) is 6.90. The van der Waals surface area contributed by atoms with Crippen molar-refractivity contribution in [1.29, 1.82) is 5.26 Å². The van der Waals surface area contributed by atoms with E-state index in [1.54, 1.807) is 0 Å². The van der Waals surface area contributed by atoms with Crippen molar-refractivity contribution in [2.75, 3.05) is 0 Å². The number of aromatic carboxylic acids is 1. The number of benzene rings is 1. The van der Waals surface area contributed by atoms with Crippen molar-refractivity contribution >= 4 is 5.97 Å². The van der Waals surface area contributed by atoms with E-state index in [0.29, 0.717) is 5.56 Å². The van der Waals surface area contributed by atoms with Crippen LogP contribution in [0.4, 0.5) is 0 Å². The van der Waals surface area contributed by atoms with E-state index in [9.17, 15) is 9.90 Å². The van der Waals surface area contributed by atoms with E-state index in [-0.39, 0.29) is 16.9 Å². The second-order valence-corrected chi connectivity index (χ2v) is 2.60. The highest BCUT2D eigenvalue weighted by molar-refractivity contribution is 5.92. The Morgan fingerprint density at radius 2 is 2.15 bits per heavy atom. The second kappa shape index (κ2) is 3.15. The van der Waals surface area contributed by atoms with E-state index < -0.39 is 5.97 Å². The number of rotatable bonds is 1. The van der Waals surface area contributed by atoms with E-state index in [1.165, 1.54) is 13.0 Å². The predicted octanol–water partition coefficient (Wildman–Crippen LogP) is 1.27. The average molecular weight is 177 g/mol. The van der Waals surface area contributed by atoms with Gasteiger partial charge >= 0.3 is 5.97 Å². The molecule has 1 aromatic rings. The van der Waals surface area contributed by atoms with Crippen LogP contribution >= 0.6 is 0 Å². The summed E-state index contributed by atoms with van der Waals surface area (Å²) in [7, 11) is 0. The number of nitrogens with zero attached hydrogens (tertiary/aromatic N) is 1. The van der Waals surface area contributed by atoms with Crippen molar-refractivity contribution in [1.82, 2.24) is 0 Å². The molecule has 0 bridgehead atoms. The van der Waals surface area contributed by atoms with Crippen molar-refractivity contribution < 1.29 is 15.0 Å². The molecule has 0 radical (unpaired) electrons. The van der Waals surface area contributed by atoms with E-state index in [0.717, 1.165) is 6.07 Å². The average Bonchev–Trinajstić information content (AvgIpc) is 2.02. The standard InChI is InChI=1S/C9H7NO3/c1-5-2-6(4-10)3-7(11)8(5)9(12)13/h2-3,11H,1H3,(H,12,13). The summed E-state index contributed by atoms with van der Waals surface area (Å²) in [6, 6.07) is 4.38. The highest BCUT2D eigenvalue weighted by Crippen LogP contribution is 2.22. The molecule has 0 aliphatic carbocycles. The maximum absolute atomic E-state index is 10.6. The molecule has 0 fully saturated rings. The van der Waals surface area contributed by atoms with Gasteiger partial charge in [0.25, 0.3) is 0 Å². The molecule has 1 aromatic carbocycles. The molecule has 4 heteroatoms. The highest BCUT2D eigenvalue weighted by Gasteiger charge is 2.13. The van der Waals surface area contributed by atoms with Crippen LogP contribution in [0.15, 0.2) is 12.1 Å². The second-order valence-electron chi connectivity index (χ2n) is 2.60. The van der Waals surface area contributed by atoms with Gasteiger partial charge in [0.1, 0.15) is 11.3 Å². The van der Waals surface area contributed by atoms with Crippen LogP contribution in [-0.4, -0.2) is 16.2 Å². The number of carboxylic acids is 1. The summed E-state index contributed by atoms with van der Waals surface area (Å²) in [5, 5.41) is 26.4. The Bertz CT molecular complexity index is 381. The molecule has 0 aromatic heterocycles. The normalized spacial score (nSPS) is 9.23. The minimum Gasteiger partial charge on any atom is -0.507 e. The number of hydrogen-bond donors (Lipinski definition) is 2. The fraction of sp³-hybridized carbons (Fsp3) is 0.111. The van der Waals surface area contributed by atoms with E-state index in [2.05, 4.69) is 0 Å². The molecule has 0 saturated heterocycles. The number of aryl methyl sites for hydroxylation is 1. The molecule has 2 N–H and O–H groups in total. The van der Waals surface area contributed by atoms with Crippen molar-refractivity contribution in [3.8, 4) is 11.8 Å². The topological polar surface area (TPSA) is 81.3 Å². The molecule has 0 heterocycles. The smallest absolute Gasteiger partial charge is 0.339 e. The number of carboxylic acid groups (broad SMARTS) is 1. The summed E-state index contributed by atoms with van der Waals surface area (Å²) < 4.78 is 0. The fourth-order valence-electron chi connectivity index (χ4n) is 1.11. The quantitative estimate of drug-likeness (QED) is 0.676. The molecule has 1 rings (SSSR count). The van der Waals surface area contributed by atoms with Crippen LogP contribution in [0.3, 0.4) is 0 Å². The number of hydrogen-bond acceptors (Lipinski definition) is 3. The van der Waals surface area contributed by atoms with Gasteiger partial charge in [-0.25, -0.2) is 4.79 Å². The molecule has 0 atom stereocenters. The first-order valence-corrected chi connectivity index (χ1v) is 3.53. The van der Waals surface area contributed by atoms with Gasteiger partial charge in [0, 0.05) is 0 Å². The van der Waals surface area contributed by atoms with Gasteiger partial charge in [-0.15, -0.1) is 0 Å². The third kappa shape index (κ3) is 1.59. The summed E-state index contributed by atoms with van der Waals surface area (Å²) in [5.41, 5.74) is 0.475. The highest BCUT2D eigenvalue weighted by atomic mass is 16.4. The van der Waals surface area contributed by atoms with Crippen LogP contribution in [0.5, 0.6) is 5.75 Å². The molecule has 0 aliphatic rings. The van der Waals surface area contributed by atoms with E-state index in [1.807, 2.05) is 6.07 Å². The Hall–Kier alpha value is -2.02. The summed E-state index contributed by atoms with van der Waals surface area (Å²) in [6.07, 6.45) is 0. The van der Waals surface area contributed by atoms with Crippen LogP contribution in [0, 0.1) is 18.3 Å². The lowest BCUT2D eigenvalue weighted by Crippen LogP contribution is -2.00. The molecular formula is C9H7NO3. The van der Waals surface area contributed by atoms with Crippen LogP contribution < -0.4 is 0 Å². The number of nitriles is 1. The Kier molecular flexibility index (Phi) is 2.20. The lowest BCUT2D eigenvalue weighted by atomic mass is 10.0. The minimum absolute atomic E-state index is 0.154. The summed E-state index contributed by atoms with van der Waals surface area (Å²) in [6.45, 7) is 1.53. The van der Waals surface area contributed by atoms with Gasteiger partial charge in [0.05, 0.1) is 11.6 Å². The Morgan fingerprint density at radius 1 is 1.54 bits per heavy atom. The third-order valence-corrected chi connectivity index (χ3v) is 1.66. The zero-order chi connectivity index (χ0) is 10.0. The van der Waals surface area contributed by atoms with Crippen LogP contribution in [0.1, 0.15) is 21.5 Å². The third-order valence-electron chi connectivity index (χ3n) is 1.66. The fourth-order valence-corrected chi connectivity index (χ4v) is 1.11. The monoisotopic (exact) mass is 177 g/mol. The molecular weight excluding hydrogens is 170 g/mol. The van der Waals surface area contributed by atoms with Crippen molar-refractivity contribution in [2.45, 2.75) is 6.92 Å². The lowest BCUT2D eigenvalue weighted by molar-refractivity contribution is 0.0693. The number of phenols is 1. The Morgan fingerprint density at radius 3 is 2.54 bits per heavy atom. The van der Waals surface area contributed by atoms with Crippen LogP contribution in [0.2, 0.25) is 0 Å². The maximum Gasteiger partial charge on any atom is 0.339 e. The van der Waals surface area contributed by atoms with Gasteiger partial charge in [0.2, 0.25) is 0 Å². The molecule has 0 unspecified atom stereocenters. The van der Waals surface area contributed by atoms with Crippen LogP contribution in [0.25, 0.3) is 0 Å². The van der Waals surface area contributed by atoms with Crippen molar-refractivity contribution in [3.63, 3.8) is 0 Å². The van der Waals surface area contributed by atoms with Gasteiger partial charge in [0.15, 0.2) is 0 Å². The molecule has 13 heavy (non-hydrogen) atoms. The Balaban J connectivity index is 3.42. The molecule has 66 valence electrons. The predicted molar refractivity (Wildman–Crippen MR) is 44.5 cm³/mol. The number of carbonyl (C=O) groups is 1. The maximum atomic E-state index is 10.6. The first kappa shape index (κ1) is 9.07. The Labute approximate surface area is 74.7 Å². The van der Waals surface area contributed by atoms with Gasteiger partial charge in [-0.3, -0.25) is 0 Å². The largest absolute Gasteiger partial charge is 0.507 e. The van der Waals surface area contributed by atoms with Gasteiger partial charge < -0.3 is 10.2 Å². The van der Waals surface area contributed by atoms with Gasteiger partial charge in [-0.2, -0.15) is 5.26 Å². The van der Waals surface area contributed by atoms with E-state index in [4.69, 9.17) is 10.4 Å². The first-order valence-electron chi connectivity index (χ1n) is 3.53. The molecule has 0 saturated carbocycles. The number of aromatic hydroxyl groups is 1. The molecule has 4 nitrogen and oxygen atoms in total. The summed E-state index contributed by atoms with van der Waals surface area (Å²) in [5.74, 6) is -1.57. The molecule has 0 amide bonds. The van der Waals surface area contributed by atoms with Gasteiger partial charge in [-0.1, -0.05) is 0 Å². The van der Waals surface area contributed by atoms with Crippen molar-refractivity contribution in [3.05, 3.63) is 28.8 Å².